The Hall–Kier alpha value is -3.47. The molecule has 1 N–H and O–H groups in total. The topological polar surface area (TPSA) is 44.8 Å². The van der Waals surface area contributed by atoms with Crippen molar-refractivity contribution in [3.63, 3.8) is 0 Å². The number of piperazine rings is 1. The summed E-state index contributed by atoms with van der Waals surface area (Å²) in [6, 6.07) is 27.8. The summed E-state index contributed by atoms with van der Waals surface area (Å²) in [4.78, 5) is 16.6. The SMILES string of the molecule is O=C(NCc1ccccc1)N1CCN(c2ccccc2Oc2ccccc2)CC1. The van der Waals surface area contributed by atoms with Crippen molar-refractivity contribution in [2.45, 2.75) is 6.54 Å². The van der Waals surface area contributed by atoms with E-state index in [9.17, 15) is 4.79 Å². The maximum atomic E-state index is 12.5. The summed E-state index contributed by atoms with van der Waals surface area (Å²) in [7, 11) is 0. The molecule has 1 fully saturated rings. The van der Waals surface area contributed by atoms with Gasteiger partial charge in [0.25, 0.3) is 0 Å². The zero-order valence-corrected chi connectivity index (χ0v) is 16.3. The van der Waals surface area contributed by atoms with Crippen LogP contribution in [0.15, 0.2) is 84.9 Å². The van der Waals surface area contributed by atoms with Crippen LogP contribution in [0.5, 0.6) is 11.5 Å². The van der Waals surface area contributed by atoms with Crippen molar-refractivity contribution in [2.24, 2.45) is 0 Å². The van der Waals surface area contributed by atoms with E-state index in [1.165, 1.54) is 0 Å². The normalized spacial score (nSPS) is 13.8. The van der Waals surface area contributed by atoms with E-state index in [1.54, 1.807) is 0 Å². The first kappa shape index (κ1) is 18.9. The second-order valence-electron chi connectivity index (χ2n) is 7.00. The lowest BCUT2D eigenvalue weighted by Crippen LogP contribution is -2.51. The molecule has 0 bridgehead atoms. The van der Waals surface area contributed by atoms with Gasteiger partial charge in [0.2, 0.25) is 0 Å². The Kier molecular flexibility index (Phi) is 5.95. The average molecular weight is 387 g/mol. The molecule has 1 saturated heterocycles. The molecule has 1 aliphatic heterocycles. The number of hydrogen-bond donors (Lipinski definition) is 1. The summed E-state index contributed by atoms with van der Waals surface area (Å²) in [6.45, 7) is 3.45. The molecular formula is C24H25N3O2. The molecule has 148 valence electrons. The van der Waals surface area contributed by atoms with Crippen LogP contribution in [0, 0.1) is 0 Å². The van der Waals surface area contributed by atoms with Gasteiger partial charge in [-0.2, -0.15) is 0 Å². The van der Waals surface area contributed by atoms with E-state index in [4.69, 9.17) is 4.74 Å². The van der Waals surface area contributed by atoms with Gasteiger partial charge < -0.3 is 19.9 Å². The molecular weight excluding hydrogens is 362 g/mol. The summed E-state index contributed by atoms with van der Waals surface area (Å²) < 4.78 is 6.09. The maximum absolute atomic E-state index is 12.5. The second-order valence-corrected chi connectivity index (χ2v) is 7.00. The number of nitrogens with zero attached hydrogens (tertiary/aromatic N) is 2. The highest BCUT2D eigenvalue weighted by atomic mass is 16.5. The van der Waals surface area contributed by atoms with Crippen LogP contribution in [0.4, 0.5) is 10.5 Å². The highest BCUT2D eigenvalue weighted by Crippen LogP contribution is 2.32. The van der Waals surface area contributed by atoms with Gasteiger partial charge in [0.05, 0.1) is 5.69 Å². The first-order valence-electron chi connectivity index (χ1n) is 9.93. The average Bonchev–Trinajstić information content (AvgIpc) is 2.79. The largest absolute Gasteiger partial charge is 0.455 e. The second kappa shape index (κ2) is 9.15. The molecule has 0 radical (unpaired) electrons. The van der Waals surface area contributed by atoms with Crippen molar-refractivity contribution < 1.29 is 9.53 Å². The van der Waals surface area contributed by atoms with E-state index in [1.807, 2.05) is 83.8 Å². The zero-order chi connectivity index (χ0) is 19.9. The van der Waals surface area contributed by atoms with Crippen LogP contribution < -0.4 is 15.0 Å². The molecule has 0 unspecified atom stereocenters. The van der Waals surface area contributed by atoms with Crippen molar-refractivity contribution >= 4 is 11.7 Å². The standard InChI is InChI=1S/C24H25N3O2/c28-24(25-19-20-9-3-1-4-10-20)27-17-15-26(16-18-27)22-13-7-8-14-23(22)29-21-11-5-2-6-12-21/h1-14H,15-19H2,(H,25,28). The minimum absolute atomic E-state index is 0.0117. The van der Waals surface area contributed by atoms with Gasteiger partial charge in [0, 0.05) is 32.7 Å². The molecule has 29 heavy (non-hydrogen) atoms. The van der Waals surface area contributed by atoms with Crippen molar-refractivity contribution in [1.29, 1.82) is 0 Å². The molecule has 1 heterocycles. The van der Waals surface area contributed by atoms with Crippen LogP contribution in [0.1, 0.15) is 5.56 Å². The number of urea groups is 1. The van der Waals surface area contributed by atoms with Gasteiger partial charge in [-0.25, -0.2) is 4.79 Å². The quantitative estimate of drug-likeness (QED) is 0.701. The van der Waals surface area contributed by atoms with Crippen LogP contribution >= 0.6 is 0 Å². The number of carbonyl (C=O) groups excluding carboxylic acids is 1. The Labute approximate surface area is 171 Å². The van der Waals surface area contributed by atoms with Crippen LogP contribution in [-0.4, -0.2) is 37.1 Å². The lowest BCUT2D eigenvalue weighted by Gasteiger charge is -2.36. The number of rotatable bonds is 5. The molecule has 0 atom stereocenters. The van der Waals surface area contributed by atoms with E-state index >= 15 is 0 Å². The van der Waals surface area contributed by atoms with Gasteiger partial charge in [-0.05, 0) is 29.8 Å². The van der Waals surface area contributed by atoms with E-state index < -0.39 is 0 Å². The number of para-hydroxylation sites is 3. The monoisotopic (exact) mass is 387 g/mol. The van der Waals surface area contributed by atoms with Gasteiger partial charge in [-0.3, -0.25) is 0 Å². The number of amides is 2. The third kappa shape index (κ3) is 4.88. The fraction of sp³-hybridized carbons (Fsp3) is 0.208. The minimum atomic E-state index is -0.0117. The number of anilines is 1. The molecule has 0 saturated carbocycles. The van der Waals surface area contributed by atoms with Crippen molar-refractivity contribution in [1.82, 2.24) is 10.2 Å². The van der Waals surface area contributed by atoms with Crippen molar-refractivity contribution in [3.8, 4) is 11.5 Å². The molecule has 0 aromatic heterocycles. The zero-order valence-electron chi connectivity index (χ0n) is 16.3. The predicted octanol–water partition coefficient (Wildman–Crippen LogP) is 4.51. The molecule has 5 nitrogen and oxygen atoms in total. The third-order valence-electron chi connectivity index (χ3n) is 5.03. The van der Waals surface area contributed by atoms with Gasteiger partial charge in [0.1, 0.15) is 5.75 Å². The van der Waals surface area contributed by atoms with Crippen molar-refractivity contribution in [2.75, 3.05) is 31.1 Å². The lowest BCUT2D eigenvalue weighted by molar-refractivity contribution is 0.194. The molecule has 4 rings (SSSR count). The third-order valence-corrected chi connectivity index (χ3v) is 5.03. The number of ether oxygens (including phenoxy) is 1. The van der Waals surface area contributed by atoms with E-state index in [0.29, 0.717) is 19.6 Å². The summed E-state index contributed by atoms with van der Waals surface area (Å²) in [6.07, 6.45) is 0. The maximum Gasteiger partial charge on any atom is 0.317 e. The fourth-order valence-electron chi connectivity index (χ4n) is 3.46. The van der Waals surface area contributed by atoms with Gasteiger partial charge in [0.15, 0.2) is 5.75 Å². The highest BCUT2D eigenvalue weighted by molar-refractivity contribution is 5.74. The molecule has 1 aliphatic rings. The first-order chi connectivity index (χ1) is 14.3. The molecule has 0 spiro atoms. The van der Waals surface area contributed by atoms with Crippen LogP contribution in [0.25, 0.3) is 0 Å². The summed E-state index contributed by atoms with van der Waals surface area (Å²) in [5.74, 6) is 1.65. The predicted molar refractivity (Wildman–Crippen MR) is 115 cm³/mol. The van der Waals surface area contributed by atoms with Crippen LogP contribution in [0.2, 0.25) is 0 Å². The number of hydrogen-bond acceptors (Lipinski definition) is 3. The Morgan fingerprint density at radius 3 is 2.14 bits per heavy atom. The summed E-state index contributed by atoms with van der Waals surface area (Å²) in [5.41, 5.74) is 2.16. The number of carbonyl (C=O) groups is 1. The first-order valence-corrected chi connectivity index (χ1v) is 9.93. The van der Waals surface area contributed by atoms with Gasteiger partial charge in [-0.15, -0.1) is 0 Å². The highest BCUT2D eigenvalue weighted by Gasteiger charge is 2.23. The van der Waals surface area contributed by atoms with E-state index in [0.717, 1.165) is 35.8 Å². The van der Waals surface area contributed by atoms with E-state index in [2.05, 4.69) is 16.3 Å². The minimum Gasteiger partial charge on any atom is -0.455 e. The fourth-order valence-corrected chi connectivity index (χ4v) is 3.46. The Bertz CT molecular complexity index is 923. The number of benzene rings is 3. The summed E-state index contributed by atoms with van der Waals surface area (Å²) in [5, 5.41) is 3.01. The molecule has 2 amide bonds. The van der Waals surface area contributed by atoms with Crippen molar-refractivity contribution in [3.05, 3.63) is 90.5 Å². The Balaban J connectivity index is 1.34. The summed E-state index contributed by atoms with van der Waals surface area (Å²) >= 11 is 0. The van der Waals surface area contributed by atoms with Crippen LogP contribution in [0.3, 0.4) is 0 Å². The smallest absolute Gasteiger partial charge is 0.317 e. The van der Waals surface area contributed by atoms with E-state index in [-0.39, 0.29) is 6.03 Å². The molecule has 3 aromatic carbocycles. The molecule has 0 aliphatic carbocycles. The molecule has 5 heteroatoms. The Morgan fingerprint density at radius 1 is 0.793 bits per heavy atom. The Morgan fingerprint density at radius 2 is 1.41 bits per heavy atom. The lowest BCUT2D eigenvalue weighted by atomic mass is 10.2. The van der Waals surface area contributed by atoms with Gasteiger partial charge in [-0.1, -0.05) is 60.7 Å². The number of nitrogens with one attached hydrogen (secondary N) is 1. The van der Waals surface area contributed by atoms with Gasteiger partial charge >= 0.3 is 6.03 Å². The molecule has 3 aromatic rings. The van der Waals surface area contributed by atoms with Crippen LogP contribution in [-0.2, 0) is 6.54 Å².